The molecule has 0 aromatic heterocycles. The van der Waals surface area contributed by atoms with Crippen molar-refractivity contribution in [3.8, 4) is 0 Å². The van der Waals surface area contributed by atoms with E-state index < -0.39 is 0 Å². The van der Waals surface area contributed by atoms with E-state index in [4.69, 9.17) is 0 Å². The predicted octanol–water partition coefficient (Wildman–Crippen LogP) is 6.94. The van der Waals surface area contributed by atoms with Gasteiger partial charge in [0.05, 0.1) is 0 Å². The van der Waals surface area contributed by atoms with E-state index in [0.29, 0.717) is 0 Å². The summed E-state index contributed by atoms with van der Waals surface area (Å²) in [4.78, 5) is 8.33. The molecule has 4 nitrogen and oxygen atoms in total. The largest absolute Gasteiger partial charge is 0.342 e. The van der Waals surface area contributed by atoms with Crippen LogP contribution in [0.2, 0.25) is 0 Å². The van der Waals surface area contributed by atoms with Gasteiger partial charge in [0.15, 0.2) is 0 Å². The summed E-state index contributed by atoms with van der Waals surface area (Å²) in [6, 6.07) is 41.8. The van der Waals surface area contributed by atoms with E-state index in [2.05, 4.69) is 155 Å². The third-order valence-electron chi connectivity index (χ3n) is 6.15. The SMILES string of the molecule is [C]1N(Cc2ccccc2)C=CN1Cc1ccccc1.[C]1N(Cc2ccccc2)C=CN1Cc1ccccc1.[Ni]. The summed E-state index contributed by atoms with van der Waals surface area (Å²) in [7, 11) is 0. The molecular weight excluding hydrogens is 523 g/mol. The number of rotatable bonds is 8. The van der Waals surface area contributed by atoms with E-state index in [0.717, 1.165) is 26.2 Å². The Morgan fingerprint density at radius 2 is 0.538 bits per heavy atom. The van der Waals surface area contributed by atoms with Crippen LogP contribution in [-0.4, -0.2) is 19.6 Å². The Hall–Kier alpha value is -3.95. The second-order valence-corrected chi connectivity index (χ2v) is 9.25. The van der Waals surface area contributed by atoms with Gasteiger partial charge in [0.2, 0.25) is 13.3 Å². The normalized spacial score (nSPS) is 13.7. The maximum absolute atomic E-state index is 3.34. The summed E-state index contributed by atoms with van der Waals surface area (Å²) in [5, 5.41) is 0. The first-order valence-electron chi connectivity index (χ1n) is 12.9. The molecule has 0 saturated carbocycles. The van der Waals surface area contributed by atoms with Crippen molar-refractivity contribution in [1.82, 2.24) is 19.6 Å². The average Bonchev–Trinajstić information content (AvgIpc) is 3.60. The molecule has 4 aromatic rings. The molecule has 4 radical (unpaired) electrons. The zero-order valence-electron chi connectivity index (χ0n) is 21.8. The average molecular weight is 555 g/mol. The molecule has 0 fully saturated rings. The van der Waals surface area contributed by atoms with Crippen molar-refractivity contribution < 1.29 is 16.5 Å². The van der Waals surface area contributed by atoms with Crippen LogP contribution in [-0.2, 0) is 42.7 Å². The maximum Gasteiger partial charge on any atom is 0.208 e. The first kappa shape index (κ1) is 28.1. The van der Waals surface area contributed by atoms with Gasteiger partial charge < -0.3 is 19.6 Å². The van der Waals surface area contributed by atoms with Crippen molar-refractivity contribution in [3.05, 3.63) is 182 Å². The molecule has 0 atom stereocenters. The third kappa shape index (κ3) is 9.09. The summed E-state index contributed by atoms with van der Waals surface area (Å²) in [6.07, 6.45) is 8.26. The van der Waals surface area contributed by atoms with Crippen LogP contribution >= 0.6 is 0 Å². The molecule has 198 valence electrons. The van der Waals surface area contributed by atoms with E-state index in [9.17, 15) is 0 Å². The minimum Gasteiger partial charge on any atom is -0.342 e. The Kier molecular flexibility index (Phi) is 10.7. The number of nitrogens with zero attached hydrogens (tertiary/aromatic N) is 4. The van der Waals surface area contributed by atoms with Gasteiger partial charge in [-0.25, -0.2) is 0 Å². The standard InChI is InChI=1S/2C17H16N2.Ni/c2*1-3-7-16(8-4-1)13-18-11-12-19(15-18)14-17-9-5-2-6-10-17;/h2*1-12H,13-14H2;. The summed E-state index contributed by atoms with van der Waals surface area (Å²) >= 11 is 0. The maximum atomic E-state index is 3.34. The Labute approximate surface area is 243 Å². The van der Waals surface area contributed by atoms with Gasteiger partial charge in [0, 0.05) is 67.5 Å². The van der Waals surface area contributed by atoms with Gasteiger partial charge in [-0.1, -0.05) is 121 Å². The molecule has 0 aliphatic carbocycles. The zero-order chi connectivity index (χ0) is 25.8. The van der Waals surface area contributed by atoms with Gasteiger partial charge in [-0.3, -0.25) is 0 Å². The second-order valence-electron chi connectivity index (χ2n) is 9.25. The topological polar surface area (TPSA) is 13.0 Å². The molecular formula is C34H32N4Ni. The molecule has 0 saturated heterocycles. The van der Waals surface area contributed by atoms with Crippen LogP contribution < -0.4 is 0 Å². The van der Waals surface area contributed by atoms with Gasteiger partial charge in [-0.15, -0.1) is 0 Å². The van der Waals surface area contributed by atoms with Crippen molar-refractivity contribution in [1.29, 1.82) is 0 Å². The first-order valence-corrected chi connectivity index (χ1v) is 12.9. The Balaban J connectivity index is 0.000000176. The van der Waals surface area contributed by atoms with E-state index >= 15 is 0 Å². The van der Waals surface area contributed by atoms with Crippen molar-refractivity contribution in [3.63, 3.8) is 0 Å². The van der Waals surface area contributed by atoms with Gasteiger partial charge in [-0.2, -0.15) is 0 Å². The van der Waals surface area contributed by atoms with Gasteiger partial charge in [0.25, 0.3) is 0 Å². The van der Waals surface area contributed by atoms with Gasteiger partial charge >= 0.3 is 0 Å². The molecule has 4 aromatic carbocycles. The van der Waals surface area contributed by atoms with Crippen molar-refractivity contribution in [2.45, 2.75) is 26.2 Å². The predicted molar refractivity (Wildman–Crippen MR) is 153 cm³/mol. The number of hydrogen-bond acceptors (Lipinski definition) is 4. The van der Waals surface area contributed by atoms with Crippen LogP contribution in [0.25, 0.3) is 0 Å². The Morgan fingerprint density at radius 1 is 0.333 bits per heavy atom. The van der Waals surface area contributed by atoms with Crippen LogP contribution in [0.1, 0.15) is 22.3 Å². The molecule has 0 bridgehead atoms. The van der Waals surface area contributed by atoms with E-state index in [1.165, 1.54) is 22.3 Å². The van der Waals surface area contributed by atoms with Gasteiger partial charge in [0.1, 0.15) is 0 Å². The van der Waals surface area contributed by atoms with Gasteiger partial charge in [-0.05, 0) is 22.3 Å². The summed E-state index contributed by atoms with van der Waals surface area (Å²) < 4.78 is 0. The molecule has 0 N–H and O–H groups in total. The molecule has 2 aliphatic rings. The second kappa shape index (κ2) is 14.9. The van der Waals surface area contributed by atoms with E-state index in [-0.39, 0.29) is 16.5 Å². The van der Waals surface area contributed by atoms with E-state index in [1.807, 2.05) is 24.3 Å². The molecule has 2 aliphatic heterocycles. The minimum absolute atomic E-state index is 0. The Bertz CT molecular complexity index is 1080. The molecule has 6 rings (SSSR count). The number of benzene rings is 4. The fourth-order valence-corrected chi connectivity index (χ4v) is 4.26. The van der Waals surface area contributed by atoms with Crippen molar-refractivity contribution in [2.75, 3.05) is 0 Å². The smallest absolute Gasteiger partial charge is 0.208 e. The van der Waals surface area contributed by atoms with E-state index in [1.54, 1.807) is 0 Å². The quantitative estimate of drug-likeness (QED) is 0.219. The summed E-state index contributed by atoms with van der Waals surface area (Å²) in [5.41, 5.74) is 5.17. The third-order valence-corrected chi connectivity index (χ3v) is 6.15. The van der Waals surface area contributed by atoms with Crippen LogP contribution in [0.3, 0.4) is 0 Å². The fourth-order valence-electron chi connectivity index (χ4n) is 4.26. The minimum atomic E-state index is 0. The molecule has 39 heavy (non-hydrogen) atoms. The Morgan fingerprint density at radius 3 is 0.744 bits per heavy atom. The zero-order valence-corrected chi connectivity index (χ0v) is 22.8. The molecule has 5 heteroatoms. The van der Waals surface area contributed by atoms with Crippen molar-refractivity contribution in [2.24, 2.45) is 0 Å². The number of hydrogen-bond donors (Lipinski definition) is 0. The van der Waals surface area contributed by atoms with Crippen molar-refractivity contribution >= 4 is 0 Å². The fraction of sp³-hybridized carbons (Fsp3) is 0.118. The van der Waals surface area contributed by atoms with Crippen LogP contribution in [0.4, 0.5) is 0 Å². The van der Waals surface area contributed by atoms with Crippen LogP contribution in [0.5, 0.6) is 0 Å². The molecule has 0 amide bonds. The molecule has 0 unspecified atom stereocenters. The first-order chi connectivity index (χ1) is 18.8. The summed E-state index contributed by atoms with van der Waals surface area (Å²) in [6.45, 7) is 10.1. The summed E-state index contributed by atoms with van der Waals surface area (Å²) in [5.74, 6) is 0. The monoisotopic (exact) mass is 554 g/mol. The molecule has 2 heterocycles. The van der Waals surface area contributed by atoms with Crippen LogP contribution in [0, 0.1) is 13.3 Å². The molecule has 0 spiro atoms. The van der Waals surface area contributed by atoms with Crippen LogP contribution in [0.15, 0.2) is 146 Å².